The van der Waals surface area contributed by atoms with Crippen molar-refractivity contribution in [3.63, 3.8) is 0 Å². The van der Waals surface area contributed by atoms with Gasteiger partial charge in [0.25, 0.3) is 5.56 Å². The number of nitrogens with zero attached hydrogens (tertiary/aromatic N) is 3. The number of benzene rings is 2. The van der Waals surface area contributed by atoms with Gasteiger partial charge in [0.1, 0.15) is 16.8 Å². The van der Waals surface area contributed by atoms with Gasteiger partial charge in [-0.25, -0.2) is 4.68 Å². The van der Waals surface area contributed by atoms with Crippen LogP contribution in [0.1, 0.15) is 42.7 Å². The van der Waals surface area contributed by atoms with E-state index in [2.05, 4.69) is 10.3 Å². The maximum absolute atomic E-state index is 12.9. The molecule has 0 aliphatic carbocycles. The lowest BCUT2D eigenvalue weighted by molar-refractivity contribution is -0.142. The lowest BCUT2D eigenvalue weighted by Crippen LogP contribution is -2.27. The van der Waals surface area contributed by atoms with Gasteiger partial charge in [-0.3, -0.25) is 14.4 Å². The fourth-order valence-corrected chi connectivity index (χ4v) is 4.70. The summed E-state index contributed by atoms with van der Waals surface area (Å²) in [5, 5.41) is 18.8. The van der Waals surface area contributed by atoms with E-state index in [4.69, 9.17) is 13.9 Å². The summed E-state index contributed by atoms with van der Waals surface area (Å²) in [5.41, 5.74) is 0.618. The summed E-state index contributed by atoms with van der Waals surface area (Å²) in [5.74, 6) is -1.21. The van der Waals surface area contributed by atoms with Crippen LogP contribution in [0.5, 0.6) is 5.75 Å². The third-order valence-electron chi connectivity index (χ3n) is 7.00. The molecule has 2 aromatic carbocycles. The first kappa shape index (κ1) is 25.6. The molecule has 5 rings (SSSR count). The van der Waals surface area contributed by atoms with Gasteiger partial charge >= 0.3 is 5.97 Å². The van der Waals surface area contributed by atoms with Gasteiger partial charge in [-0.2, -0.15) is 0 Å². The van der Waals surface area contributed by atoms with Crippen LogP contribution in [0.4, 0.5) is 0 Å². The number of aliphatic carboxylic acids is 1. The predicted molar refractivity (Wildman–Crippen MR) is 138 cm³/mol. The second kappa shape index (κ2) is 11.6. The van der Waals surface area contributed by atoms with E-state index < -0.39 is 17.7 Å². The molecular formula is C28H29N3O7. The van der Waals surface area contributed by atoms with Crippen LogP contribution in [0.3, 0.4) is 0 Å². The topological polar surface area (TPSA) is 134 Å². The Kier molecular flexibility index (Phi) is 7.78. The van der Waals surface area contributed by atoms with E-state index in [-0.39, 0.29) is 30.7 Å². The van der Waals surface area contributed by atoms with Crippen molar-refractivity contribution in [1.29, 1.82) is 0 Å². The second-order valence-corrected chi connectivity index (χ2v) is 9.59. The van der Waals surface area contributed by atoms with Gasteiger partial charge < -0.3 is 19.0 Å². The van der Waals surface area contributed by atoms with Crippen LogP contribution in [0.15, 0.2) is 57.7 Å². The lowest BCUT2D eigenvalue weighted by atomic mass is 9.97. The largest absolute Gasteiger partial charge is 0.493 e. The van der Waals surface area contributed by atoms with Crippen molar-refractivity contribution in [3.05, 3.63) is 64.6 Å². The summed E-state index contributed by atoms with van der Waals surface area (Å²) in [6.07, 6.45) is 2.83. The lowest BCUT2D eigenvalue weighted by Gasteiger charge is -2.21. The number of hydrogen-bond donors (Lipinski definition) is 1. The Morgan fingerprint density at radius 2 is 1.95 bits per heavy atom. The second-order valence-electron chi connectivity index (χ2n) is 9.59. The van der Waals surface area contributed by atoms with E-state index in [1.165, 1.54) is 0 Å². The van der Waals surface area contributed by atoms with Crippen molar-refractivity contribution < 1.29 is 28.6 Å². The fourth-order valence-electron chi connectivity index (χ4n) is 4.70. The highest BCUT2D eigenvalue weighted by Crippen LogP contribution is 2.27. The number of aryl methyl sites for hydroxylation is 1. The van der Waals surface area contributed by atoms with Crippen LogP contribution in [0, 0.1) is 11.8 Å². The predicted octanol–water partition coefficient (Wildman–Crippen LogP) is 4.10. The standard InChI is InChI=1S/C28H29N3O7/c32-24(15-20(28(34)35)7-11-31-27(33)22-3-1-2-4-23(22)29-30-31)26-16-19-5-6-21(17-25(19)38-26)37-14-10-18-8-12-36-13-9-18/h1-6,16-18,20H,7-15H2,(H,34,35). The summed E-state index contributed by atoms with van der Waals surface area (Å²) in [6, 6.07) is 13.8. The molecule has 0 bridgehead atoms. The number of rotatable bonds is 11. The SMILES string of the molecule is O=C(CC(CCn1nnc2ccccc2c1=O)C(=O)O)c1cc2ccc(OCCC3CCOCC3)cc2o1. The molecule has 1 saturated heterocycles. The minimum absolute atomic E-state index is 0.0234. The molecule has 3 heterocycles. The van der Waals surface area contributed by atoms with Crippen molar-refractivity contribution >= 4 is 33.6 Å². The van der Waals surface area contributed by atoms with Crippen molar-refractivity contribution in [2.75, 3.05) is 19.8 Å². The number of furan rings is 1. The molecule has 1 aliphatic rings. The van der Waals surface area contributed by atoms with Crippen LogP contribution in [0.25, 0.3) is 21.9 Å². The molecule has 4 aromatic rings. The zero-order chi connectivity index (χ0) is 26.5. The number of aromatic nitrogens is 3. The monoisotopic (exact) mass is 519 g/mol. The Labute approximate surface area is 218 Å². The number of carbonyl (C=O) groups excluding carboxylic acids is 1. The highest BCUT2D eigenvalue weighted by Gasteiger charge is 2.25. The highest BCUT2D eigenvalue weighted by atomic mass is 16.5. The number of ketones is 1. The number of ether oxygens (including phenoxy) is 2. The van der Waals surface area contributed by atoms with E-state index in [1.807, 2.05) is 12.1 Å². The molecule has 1 N–H and O–H groups in total. The summed E-state index contributed by atoms with van der Waals surface area (Å²) < 4.78 is 18.2. The molecule has 0 saturated carbocycles. The van der Waals surface area contributed by atoms with E-state index in [1.54, 1.807) is 36.4 Å². The molecule has 10 heteroatoms. The Bertz CT molecular complexity index is 1500. The third-order valence-corrected chi connectivity index (χ3v) is 7.00. The fraction of sp³-hybridized carbons (Fsp3) is 0.393. The van der Waals surface area contributed by atoms with E-state index in [0.29, 0.717) is 34.8 Å². The molecule has 0 amide bonds. The smallest absolute Gasteiger partial charge is 0.307 e. The molecule has 198 valence electrons. The Hall–Kier alpha value is -4.05. The maximum atomic E-state index is 12.9. The first-order valence-electron chi connectivity index (χ1n) is 12.8. The molecule has 10 nitrogen and oxygen atoms in total. The van der Waals surface area contributed by atoms with E-state index >= 15 is 0 Å². The van der Waals surface area contributed by atoms with Crippen molar-refractivity contribution in [2.45, 2.75) is 38.6 Å². The van der Waals surface area contributed by atoms with Crippen molar-refractivity contribution in [1.82, 2.24) is 15.0 Å². The van der Waals surface area contributed by atoms with Crippen molar-refractivity contribution in [2.24, 2.45) is 11.8 Å². The molecule has 38 heavy (non-hydrogen) atoms. The number of hydrogen-bond acceptors (Lipinski definition) is 8. The molecular weight excluding hydrogens is 490 g/mol. The number of carboxylic acids is 1. The van der Waals surface area contributed by atoms with Gasteiger partial charge in [0.05, 0.1) is 17.9 Å². The van der Waals surface area contributed by atoms with Crippen LogP contribution in [-0.4, -0.2) is 51.7 Å². The number of carbonyl (C=O) groups is 2. The zero-order valence-corrected chi connectivity index (χ0v) is 20.9. The zero-order valence-electron chi connectivity index (χ0n) is 20.9. The molecule has 1 aliphatic heterocycles. The van der Waals surface area contributed by atoms with E-state index in [0.717, 1.165) is 42.5 Å². The molecule has 0 spiro atoms. The minimum atomic E-state index is -1.13. The summed E-state index contributed by atoms with van der Waals surface area (Å²) in [7, 11) is 0. The van der Waals surface area contributed by atoms with Crippen molar-refractivity contribution in [3.8, 4) is 5.75 Å². The van der Waals surface area contributed by atoms with Crippen LogP contribution >= 0.6 is 0 Å². The van der Waals surface area contributed by atoms with Gasteiger partial charge in [0, 0.05) is 37.6 Å². The van der Waals surface area contributed by atoms with Gasteiger partial charge in [-0.1, -0.05) is 17.3 Å². The number of carboxylic acid groups (broad SMARTS) is 1. The summed E-state index contributed by atoms with van der Waals surface area (Å²) in [4.78, 5) is 37.4. The normalized spacial score (nSPS) is 15.1. The van der Waals surface area contributed by atoms with Gasteiger partial charge in [-0.05, 0) is 61.9 Å². The molecule has 1 unspecified atom stereocenters. The first-order valence-corrected chi connectivity index (χ1v) is 12.8. The Balaban J connectivity index is 1.21. The Morgan fingerprint density at radius 1 is 1.13 bits per heavy atom. The average molecular weight is 520 g/mol. The molecule has 1 fully saturated rings. The summed E-state index contributed by atoms with van der Waals surface area (Å²) in [6.45, 7) is 2.22. The van der Waals surface area contributed by atoms with E-state index in [9.17, 15) is 19.5 Å². The average Bonchev–Trinajstić information content (AvgIpc) is 3.36. The van der Waals surface area contributed by atoms with Crippen LogP contribution in [-0.2, 0) is 16.1 Å². The number of Topliss-reactive ketones (excluding diaryl/α,β-unsaturated/α-hetero) is 1. The number of fused-ring (bicyclic) bond motifs is 2. The quantitative estimate of drug-likeness (QED) is 0.291. The van der Waals surface area contributed by atoms with Gasteiger partial charge in [-0.15, -0.1) is 5.10 Å². The minimum Gasteiger partial charge on any atom is -0.493 e. The van der Waals surface area contributed by atoms with Crippen LogP contribution < -0.4 is 10.3 Å². The molecule has 0 radical (unpaired) electrons. The maximum Gasteiger partial charge on any atom is 0.307 e. The van der Waals surface area contributed by atoms with Crippen LogP contribution in [0.2, 0.25) is 0 Å². The van der Waals surface area contributed by atoms with Gasteiger partial charge in [0.2, 0.25) is 0 Å². The Morgan fingerprint density at radius 3 is 2.76 bits per heavy atom. The van der Waals surface area contributed by atoms with Gasteiger partial charge in [0.15, 0.2) is 11.5 Å². The summed E-state index contributed by atoms with van der Waals surface area (Å²) >= 11 is 0. The molecule has 1 atom stereocenters. The molecule has 2 aromatic heterocycles. The first-order chi connectivity index (χ1) is 18.5. The third kappa shape index (κ3) is 5.91. The highest BCUT2D eigenvalue weighted by molar-refractivity contribution is 5.99.